The van der Waals surface area contributed by atoms with E-state index in [-0.39, 0.29) is 11.5 Å². The van der Waals surface area contributed by atoms with E-state index in [1.54, 1.807) is 0 Å². The smallest absolute Gasteiger partial charge is 0.0794 e. The van der Waals surface area contributed by atoms with Gasteiger partial charge in [0.15, 0.2) is 0 Å². The summed E-state index contributed by atoms with van der Waals surface area (Å²) in [5.41, 5.74) is 1.61. The summed E-state index contributed by atoms with van der Waals surface area (Å²) in [5, 5.41) is 0. The Morgan fingerprint density at radius 2 is 1.88 bits per heavy atom. The monoisotopic (exact) mass is 357 g/mol. The minimum atomic E-state index is 0.169. The van der Waals surface area contributed by atoms with Gasteiger partial charge in [-0.1, -0.05) is 56.4 Å². The van der Waals surface area contributed by atoms with Gasteiger partial charge in [-0.25, -0.2) is 0 Å². The second kappa shape index (κ2) is 8.69. The zero-order valence-corrected chi connectivity index (χ0v) is 16.9. The fourth-order valence-corrected chi connectivity index (χ4v) is 4.33. The van der Waals surface area contributed by atoms with Crippen LogP contribution in [0.5, 0.6) is 0 Å². The van der Waals surface area contributed by atoms with Crippen LogP contribution in [-0.2, 0) is 9.47 Å². The van der Waals surface area contributed by atoms with Crippen molar-refractivity contribution in [2.24, 2.45) is 11.3 Å². The van der Waals surface area contributed by atoms with Gasteiger partial charge in [-0.15, -0.1) is 0 Å². The summed E-state index contributed by atoms with van der Waals surface area (Å²) in [6.45, 7) is 12.8. The molecule has 0 N–H and O–H groups in total. The maximum atomic E-state index is 6.12. The molecule has 144 valence electrons. The molecule has 3 nitrogen and oxygen atoms in total. The van der Waals surface area contributed by atoms with Gasteiger partial charge in [-0.2, -0.15) is 0 Å². The van der Waals surface area contributed by atoms with E-state index in [1.807, 2.05) is 0 Å². The van der Waals surface area contributed by atoms with E-state index in [0.717, 1.165) is 39.1 Å². The van der Waals surface area contributed by atoms with Crippen LogP contribution in [0.15, 0.2) is 48.1 Å². The molecule has 1 fully saturated rings. The molecule has 3 aliphatic rings. The van der Waals surface area contributed by atoms with Crippen molar-refractivity contribution in [1.29, 1.82) is 0 Å². The lowest BCUT2D eigenvalue weighted by Gasteiger charge is -2.36. The first kappa shape index (κ1) is 19.6. The van der Waals surface area contributed by atoms with Crippen molar-refractivity contribution >= 4 is 0 Å². The van der Waals surface area contributed by atoms with E-state index >= 15 is 0 Å². The predicted octanol–water partition coefficient (Wildman–Crippen LogP) is 4.53. The standard InChI is InChI=1S/C23H35NO2/c1-18-16-24(17-19(2)26-18)14-15-25-22-12-10-21(11-13-22)23(3,4)20-8-6-5-7-9-20/h5-8,10-12,18-20,22H,9,13-17H2,1-4H3. The summed E-state index contributed by atoms with van der Waals surface area (Å²) < 4.78 is 11.9. The van der Waals surface area contributed by atoms with E-state index in [4.69, 9.17) is 9.47 Å². The van der Waals surface area contributed by atoms with Crippen LogP contribution in [-0.4, -0.2) is 49.5 Å². The summed E-state index contributed by atoms with van der Waals surface area (Å²) in [6, 6.07) is 0. The van der Waals surface area contributed by atoms with Crippen molar-refractivity contribution in [2.75, 3.05) is 26.2 Å². The number of rotatable bonds is 6. The second-order valence-corrected chi connectivity index (χ2v) is 8.56. The fraction of sp³-hybridized carbons (Fsp3) is 0.652. The lowest BCUT2D eigenvalue weighted by atomic mass is 9.69. The highest BCUT2D eigenvalue weighted by Crippen LogP contribution is 2.41. The number of morpholine rings is 1. The molecule has 26 heavy (non-hydrogen) atoms. The Balaban J connectivity index is 1.44. The third-order valence-electron chi connectivity index (χ3n) is 5.95. The molecule has 0 saturated carbocycles. The minimum absolute atomic E-state index is 0.169. The van der Waals surface area contributed by atoms with Gasteiger partial charge in [0.25, 0.3) is 0 Å². The molecule has 1 saturated heterocycles. The minimum Gasteiger partial charge on any atom is -0.373 e. The topological polar surface area (TPSA) is 21.7 Å². The third-order valence-corrected chi connectivity index (χ3v) is 5.95. The van der Waals surface area contributed by atoms with Gasteiger partial charge in [-0.05, 0) is 43.6 Å². The molecule has 0 aromatic carbocycles. The SMILES string of the molecule is CC1CN(CCOC2C=CC(C(C)(C)C3C=CC=CC3)=CC2)CC(C)O1. The Bertz CT molecular complexity index is 577. The lowest BCUT2D eigenvalue weighted by molar-refractivity contribution is -0.0745. The summed E-state index contributed by atoms with van der Waals surface area (Å²) in [7, 11) is 0. The molecular weight excluding hydrogens is 322 g/mol. The molecule has 0 radical (unpaired) electrons. The average Bonchev–Trinajstić information content (AvgIpc) is 2.62. The van der Waals surface area contributed by atoms with Crippen LogP contribution >= 0.6 is 0 Å². The molecule has 4 atom stereocenters. The summed E-state index contributed by atoms with van der Waals surface area (Å²) >= 11 is 0. The van der Waals surface area contributed by atoms with Crippen LogP contribution in [0.1, 0.15) is 40.5 Å². The van der Waals surface area contributed by atoms with Gasteiger partial charge >= 0.3 is 0 Å². The molecule has 2 aliphatic carbocycles. The number of hydrogen-bond acceptors (Lipinski definition) is 3. The number of allylic oxidation sites excluding steroid dienone is 6. The second-order valence-electron chi connectivity index (χ2n) is 8.56. The zero-order chi connectivity index (χ0) is 18.6. The molecule has 1 heterocycles. The van der Waals surface area contributed by atoms with E-state index < -0.39 is 0 Å². The number of ether oxygens (including phenoxy) is 2. The first-order chi connectivity index (χ1) is 12.4. The number of hydrogen-bond donors (Lipinski definition) is 0. The Kier molecular flexibility index (Phi) is 6.55. The lowest BCUT2D eigenvalue weighted by Crippen LogP contribution is -2.46. The van der Waals surface area contributed by atoms with Crippen molar-refractivity contribution in [1.82, 2.24) is 4.90 Å². The Morgan fingerprint density at radius 1 is 1.12 bits per heavy atom. The molecule has 0 amide bonds. The van der Waals surface area contributed by atoms with Crippen LogP contribution in [0.3, 0.4) is 0 Å². The zero-order valence-electron chi connectivity index (χ0n) is 16.9. The van der Waals surface area contributed by atoms with Crippen LogP contribution < -0.4 is 0 Å². The average molecular weight is 358 g/mol. The highest BCUT2D eigenvalue weighted by atomic mass is 16.5. The van der Waals surface area contributed by atoms with Crippen molar-refractivity contribution in [3.05, 3.63) is 48.1 Å². The van der Waals surface area contributed by atoms with E-state index in [9.17, 15) is 0 Å². The fourth-order valence-electron chi connectivity index (χ4n) is 4.33. The summed E-state index contributed by atoms with van der Waals surface area (Å²) in [4.78, 5) is 2.46. The molecule has 4 unspecified atom stereocenters. The quantitative estimate of drug-likeness (QED) is 0.697. The van der Waals surface area contributed by atoms with Crippen LogP contribution in [0.2, 0.25) is 0 Å². The van der Waals surface area contributed by atoms with Crippen LogP contribution in [0.4, 0.5) is 0 Å². The molecule has 3 heteroatoms. The Labute approximate surface area is 159 Å². The van der Waals surface area contributed by atoms with Gasteiger partial charge < -0.3 is 9.47 Å². The molecule has 1 aliphatic heterocycles. The molecule has 0 aromatic heterocycles. The first-order valence-electron chi connectivity index (χ1n) is 10.2. The van der Waals surface area contributed by atoms with E-state index in [1.165, 1.54) is 5.57 Å². The molecule has 3 rings (SSSR count). The van der Waals surface area contributed by atoms with Crippen molar-refractivity contribution in [2.45, 2.75) is 58.8 Å². The normalized spacial score (nSPS) is 32.7. The van der Waals surface area contributed by atoms with E-state index in [2.05, 4.69) is 75.1 Å². The highest BCUT2D eigenvalue weighted by Gasteiger charge is 2.31. The predicted molar refractivity (Wildman–Crippen MR) is 108 cm³/mol. The summed E-state index contributed by atoms with van der Waals surface area (Å²) in [6.07, 6.45) is 18.9. The first-order valence-corrected chi connectivity index (χ1v) is 10.2. The largest absolute Gasteiger partial charge is 0.373 e. The maximum Gasteiger partial charge on any atom is 0.0794 e. The Hall–Kier alpha value is -1.16. The van der Waals surface area contributed by atoms with Gasteiger partial charge in [0.2, 0.25) is 0 Å². The van der Waals surface area contributed by atoms with Crippen LogP contribution in [0.25, 0.3) is 0 Å². The molecule has 0 aromatic rings. The number of nitrogens with zero attached hydrogens (tertiary/aromatic N) is 1. The molecule has 0 bridgehead atoms. The Morgan fingerprint density at radius 3 is 2.50 bits per heavy atom. The van der Waals surface area contributed by atoms with Gasteiger partial charge in [-0.3, -0.25) is 4.90 Å². The molecular formula is C23H35NO2. The van der Waals surface area contributed by atoms with Gasteiger partial charge in [0, 0.05) is 19.6 Å². The summed E-state index contributed by atoms with van der Waals surface area (Å²) in [5.74, 6) is 0.575. The van der Waals surface area contributed by atoms with Crippen LogP contribution in [0, 0.1) is 11.3 Å². The van der Waals surface area contributed by atoms with E-state index in [0.29, 0.717) is 18.1 Å². The molecule has 0 spiro atoms. The van der Waals surface area contributed by atoms with Gasteiger partial charge in [0.05, 0.1) is 24.9 Å². The highest BCUT2D eigenvalue weighted by molar-refractivity contribution is 5.33. The van der Waals surface area contributed by atoms with Crippen molar-refractivity contribution < 1.29 is 9.47 Å². The third kappa shape index (κ3) is 4.97. The maximum absolute atomic E-state index is 6.12. The van der Waals surface area contributed by atoms with Crippen molar-refractivity contribution in [3.63, 3.8) is 0 Å². The van der Waals surface area contributed by atoms with Crippen molar-refractivity contribution in [3.8, 4) is 0 Å². The van der Waals surface area contributed by atoms with Gasteiger partial charge in [0.1, 0.15) is 0 Å².